The molecule has 1 aliphatic carbocycles. The molecular formula is C25H34N4O4S. The normalized spacial score (nSPS) is 17.5. The van der Waals surface area contributed by atoms with Crippen molar-refractivity contribution in [1.29, 1.82) is 0 Å². The molecule has 1 aliphatic heterocycles. The number of ether oxygens (including phenoxy) is 1. The number of carbonyl (C=O) groups is 1. The summed E-state index contributed by atoms with van der Waals surface area (Å²) in [7, 11) is -2.06. The molecule has 0 radical (unpaired) electrons. The maximum atomic E-state index is 13.6. The van der Waals surface area contributed by atoms with E-state index in [4.69, 9.17) is 4.74 Å². The van der Waals surface area contributed by atoms with Gasteiger partial charge in [-0.1, -0.05) is 19.1 Å². The van der Waals surface area contributed by atoms with Crippen LogP contribution in [0, 0.1) is 0 Å². The summed E-state index contributed by atoms with van der Waals surface area (Å²) in [5, 5.41) is 5.49. The molecule has 1 saturated carbocycles. The SMILES string of the molecule is CCCN1CCC(N(C2CC2)S(=O)(=O)c2ccc(NC(=O)Nc3ccccc3OC)cc2)CC1. The van der Waals surface area contributed by atoms with Gasteiger partial charge >= 0.3 is 6.03 Å². The number of likely N-dealkylation sites (tertiary alicyclic amines) is 1. The van der Waals surface area contributed by atoms with Crippen LogP contribution in [-0.4, -0.2) is 62.5 Å². The first kappa shape index (κ1) is 24.5. The second-order valence-corrected chi connectivity index (χ2v) is 10.8. The number of nitrogens with zero attached hydrogens (tertiary/aromatic N) is 2. The molecule has 2 amide bonds. The van der Waals surface area contributed by atoms with Gasteiger partial charge in [0.25, 0.3) is 0 Å². The lowest BCUT2D eigenvalue weighted by atomic mass is 10.0. The maximum absolute atomic E-state index is 13.6. The van der Waals surface area contributed by atoms with Crippen molar-refractivity contribution in [3.05, 3.63) is 48.5 Å². The molecule has 2 aromatic carbocycles. The number of anilines is 2. The van der Waals surface area contributed by atoms with Crippen molar-refractivity contribution >= 4 is 27.4 Å². The minimum atomic E-state index is -3.60. The third-order valence-corrected chi connectivity index (χ3v) is 8.43. The summed E-state index contributed by atoms with van der Waals surface area (Å²) in [5.41, 5.74) is 1.06. The van der Waals surface area contributed by atoms with Gasteiger partial charge in [0.05, 0.1) is 17.7 Å². The fourth-order valence-corrected chi connectivity index (χ4v) is 6.53. The van der Waals surface area contributed by atoms with Gasteiger partial charge in [0.2, 0.25) is 10.0 Å². The molecule has 9 heteroatoms. The number of nitrogens with one attached hydrogen (secondary N) is 2. The Kier molecular flexibility index (Phi) is 7.75. The van der Waals surface area contributed by atoms with Gasteiger partial charge in [0, 0.05) is 17.8 Å². The van der Waals surface area contributed by atoms with Gasteiger partial charge in [0.1, 0.15) is 5.75 Å². The summed E-state index contributed by atoms with van der Waals surface area (Å²) in [6.07, 6.45) is 4.72. The van der Waals surface area contributed by atoms with Crippen LogP contribution < -0.4 is 15.4 Å². The fraction of sp³-hybridized carbons (Fsp3) is 0.480. The zero-order valence-corrected chi connectivity index (χ0v) is 20.7. The van der Waals surface area contributed by atoms with E-state index in [1.807, 2.05) is 6.07 Å². The van der Waals surface area contributed by atoms with E-state index in [-0.39, 0.29) is 17.0 Å². The number of urea groups is 1. The molecule has 0 bridgehead atoms. The quantitative estimate of drug-likeness (QED) is 0.549. The Bertz CT molecular complexity index is 1080. The van der Waals surface area contributed by atoms with Crippen LogP contribution in [0.15, 0.2) is 53.4 Å². The lowest BCUT2D eigenvalue weighted by Crippen LogP contribution is -2.48. The average molecular weight is 487 g/mol. The van der Waals surface area contributed by atoms with Gasteiger partial charge in [-0.05, 0) is 88.1 Å². The number of sulfonamides is 1. The number of carbonyl (C=O) groups excluding carboxylic acids is 1. The third kappa shape index (κ3) is 5.71. The number of rotatable bonds is 9. The van der Waals surface area contributed by atoms with Crippen LogP contribution in [0.5, 0.6) is 5.75 Å². The molecule has 8 nitrogen and oxygen atoms in total. The summed E-state index contributed by atoms with van der Waals surface area (Å²) < 4.78 is 34.1. The maximum Gasteiger partial charge on any atom is 0.323 e. The molecule has 184 valence electrons. The van der Waals surface area contributed by atoms with E-state index in [0.29, 0.717) is 17.1 Å². The third-order valence-electron chi connectivity index (χ3n) is 6.41. The van der Waals surface area contributed by atoms with Crippen molar-refractivity contribution in [2.45, 2.75) is 56.0 Å². The highest BCUT2D eigenvalue weighted by Gasteiger charge is 2.43. The molecular weight excluding hydrogens is 452 g/mol. The minimum absolute atomic E-state index is 0.0510. The standard InChI is InChI=1S/C25H34N4O4S/c1-3-16-28-17-14-21(15-18-28)29(20-10-11-20)34(31,32)22-12-8-19(9-13-22)26-25(30)27-23-6-4-5-7-24(23)33-2/h4-9,12-13,20-21H,3,10-11,14-18H2,1-2H3,(H2,26,27,30). The van der Waals surface area contributed by atoms with Crippen molar-refractivity contribution in [3.63, 3.8) is 0 Å². The highest BCUT2D eigenvalue weighted by atomic mass is 32.2. The Morgan fingerprint density at radius 1 is 1.00 bits per heavy atom. The molecule has 4 rings (SSSR count). The Balaban J connectivity index is 1.42. The predicted octanol–water partition coefficient (Wildman–Crippen LogP) is 4.37. The number of piperidine rings is 1. The lowest BCUT2D eigenvalue weighted by Gasteiger charge is -2.38. The van der Waals surface area contributed by atoms with E-state index in [9.17, 15) is 13.2 Å². The van der Waals surface area contributed by atoms with E-state index >= 15 is 0 Å². The van der Waals surface area contributed by atoms with Gasteiger partial charge in [-0.25, -0.2) is 13.2 Å². The summed E-state index contributed by atoms with van der Waals surface area (Å²) in [5.74, 6) is 0.555. The van der Waals surface area contributed by atoms with Gasteiger partial charge in [-0.2, -0.15) is 4.31 Å². The molecule has 0 aromatic heterocycles. The van der Waals surface area contributed by atoms with E-state index < -0.39 is 16.1 Å². The zero-order chi connectivity index (χ0) is 24.1. The molecule has 2 fully saturated rings. The Morgan fingerprint density at radius 2 is 1.65 bits per heavy atom. The second kappa shape index (κ2) is 10.8. The number of para-hydroxylation sites is 2. The smallest absolute Gasteiger partial charge is 0.323 e. The van der Waals surface area contributed by atoms with Crippen molar-refractivity contribution in [2.24, 2.45) is 0 Å². The van der Waals surface area contributed by atoms with Crippen LogP contribution in [0.1, 0.15) is 39.0 Å². The molecule has 2 aromatic rings. The first-order chi connectivity index (χ1) is 16.4. The first-order valence-corrected chi connectivity index (χ1v) is 13.4. The van der Waals surface area contributed by atoms with Crippen LogP contribution in [0.25, 0.3) is 0 Å². The summed E-state index contributed by atoms with van der Waals surface area (Å²) in [4.78, 5) is 15.1. The Labute approximate surface area is 202 Å². The second-order valence-electron chi connectivity index (χ2n) is 8.94. The number of methoxy groups -OCH3 is 1. The van der Waals surface area contributed by atoms with Gasteiger partial charge in [0.15, 0.2) is 0 Å². The Hall–Kier alpha value is -2.62. The van der Waals surface area contributed by atoms with Crippen molar-refractivity contribution in [2.75, 3.05) is 37.4 Å². The average Bonchev–Trinajstić information content (AvgIpc) is 3.66. The van der Waals surface area contributed by atoms with E-state index in [1.54, 1.807) is 46.8 Å². The number of hydrogen-bond donors (Lipinski definition) is 2. The fourth-order valence-electron chi connectivity index (χ4n) is 4.60. The van der Waals surface area contributed by atoms with Crippen LogP contribution in [0.2, 0.25) is 0 Å². The molecule has 1 saturated heterocycles. The highest BCUT2D eigenvalue weighted by Crippen LogP contribution is 2.37. The molecule has 2 N–H and O–H groups in total. The van der Waals surface area contributed by atoms with Gasteiger partial charge in [-0.3, -0.25) is 0 Å². The largest absolute Gasteiger partial charge is 0.495 e. The zero-order valence-electron chi connectivity index (χ0n) is 19.9. The predicted molar refractivity (Wildman–Crippen MR) is 134 cm³/mol. The molecule has 1 heterocycles. The highest BCUT2D eigenvalue weighted by molar-refractivity contribution is 7.89. The van der Waals surface area contributed by atoms with E-state index in [2.05, 4.69) is 22.5 Å². The Morgan fingerprint density at radius 3 is 2.26 bits per heavy atom. The molecule has 0 spiro atoms. The van der Waals surface area contributed by atoms with Gasteiger partial charge < -0.3 is 20.3 Å². The topological polar surface area (TPSA) is 91.0 Å². The number of benzene rings is 2. The number of amides is 2. The molecule has 34 heavy (non-hydrogen) atoms. The molecule has 0 atom stereocenters. The lowest BCUT2D eigenvalue weighted by molar-refractivity contribution is 0.156. The number of hydrogen-bond acceptors (Lipinski definition) is 5. The first-order valence-electron chi connectivity index (χ1n) is 12.0. The van der Waals surface area contributed by atoms with Crippen molar-refractivity contribution in [1.82, 2.24) is 9.21 Å². The minimum Gasteiger partial charge on any atom is -0.495 e. The molecule has 0 unspecified atom stereocenters. The monoisotopic (exact) mass is 486 g/mol. The van der Waals surface area contributed by atoms with E-state index in [0.717, 1.165) is 51.7 Å². The van der Waals surface area contributed by atoms with Crippen LogP contribution in [0.4, 0.5) is 16.2 Å². The summed E-state index contributed by atoms with van der Waals surface area (Å²) in [6.45, 7) is 5.14. The van der Waals surface area contributed by atoms with Crippen molar-refractivity contribution in [3.8, 4) is 5.75 Å². The summed E-state index contributed by atoms with van der Waals surface area (Å²) >= 11 is 0. The van der Waals surface area contributed by atoms with Crippen molar-refractivity contribution < 1.29 is 17.9 Å². The summed E-state index contributed by atoms with van der Waals surface area (Å²) in [6, 6.07) is 13.3. The van der Waals surface area contributed by atoms with Crippen LogP contribution in [0.3, 0.4) is 0 Å². The van der Waals surface area contributed by atoms with Crippen LogP contribution in [-0.2, 0) is 10.0 Å². The van der Waals surface area contributed by atoms with Gasteiger partial charge in [-0.15, -0.1) is 0 Å². The van der Waals surface area contributed by atoms with E-state index in [1.165, 1.54) is 7.11 Å². The molecule has 2 aliphatic rings. The van der Waals surface area contributed by atoms with Crippen LogP contribution >= 0.6 is 0 Å².